The summed E-state index contributed by atoms with van der Waals surface area (Å²) in [5, 5.41) is 9.57. The van der Waals surface area contributed by atoms with Gasteiger partial charge in [-0.05, 0) is 0 Å². The Morgan fingerprint density at radius 1 is 1.62 bits per heavy atom. The van der Waals surface area contributed by atoms with E-state index in [1.165, 1.54) is 0 Å². The van der Waals surface area contributed by atoms with Gasteiger partial charge in [-0.25, -0.2) is 0 Å². The van der Waals surface area contributed by atoms with Crippen LogP contribution in [0.4, 0.5) is 0 Å². The van der Waals surface area contributed by atoms with Crippen molar-refractivity contribution in [3.05, 3.63) is 11.7 Å². The smallest absolute Gasteiger partial charge is 0.245 e. The van der Waals surface area contributed by atoms with Gasteiger partial charge >= 0.3 is 0 Å². The number of ether oxygens (including phenoxy) is 1. The van der Waals surface area contributed by atoms with Crippen LogP contribution in [-0.4, -0.2) is 42.9 Å². The number of carbonyl (C=O) groups excluding carboxylic acids is 1. The molecule has 1 amide bonds. The maximum atomic E-state index is 10.9. The summed E-state index contributed by atoms with van der Waals surface area (Å²) >= 11 is 0. The van der Waals surface area contributed by atoms with Gasteiger partial charge < -0.3 is 14.6 Å². The van der Waals surface area contributed by atoms with Gasteiger partial charge in [0, 0.05) is 20.1 Å². The monoisotopic (exact) mass is 226 g/mol. The number of rotatable bonds is 4. The molecule has 2 heterocycles. The third-order valence-electron chi connectivity index (χ3n) is 2.32. The zero-order valence-corrected chi connectivity index (χ0v) is 9.02. The Bertz CT molecular complexity index is 355. The van der Waals surface area contributed by atoms with Crippen molar-refractivity contribution in [2.45, 2.75) is 12.5 Å². The Morgan fingerprint density at radius 2 is 2.50 bits per heavy atom. The number of hydrogen-bond donors (Lipinski definition) is 2. The van der Waals surface area contributed by atoms with Crippen LogP contribution in [0.15, 0.2) is 4.52 Å². The van der Waals surface area contributed by atoms with E-state index in [4.69, 9.17) is 9.26 Å². The van der Waals surface area contributed by atoms with Crippen molar-refractivity contribution in [2.24, 2.45) is 0 Å². The minimum Gasteiger partial charge on any atom is -0.384 e. The summed E-state index contributed by atoms with van der Waals surface area (Å²) in [6.45, 7) is 1.32. The van der Waals surface area contributed by atoms with E-state index in [0.717, 1.165) is 0 Å². The molecule has 0 aromatic carbocycles. The fourth-order valence-corrected chi connectivity index (χ4v) is 1.44. The largest absolute Gasteiger partial charge is 0.384 e. The molecule has 1 aromatic rings. The average molecular weight is 226 g/mol. The molecule has 16 heavy (non-hydrogen) atoms. The summed E-state index contributed by atoms with van der Waals surface area (Å²) in [6, 6.07) is -0.0958. The number of nitrogens with one attached hydrogen (secondary N) is 2. The molecule has 1 fully saturated rings. The van der Waals surface area contributed by atoms with Crippen LogP contribution in [0.25, 0.3) is 0 Å². The molecule has 7 heteroatoms. The lowest BCUT2D eigenvalue weighted by Crippen LogP contribution is -2.47. The first-order chi connectivity index (χ1) is 7.79. The number of piperazine rings is 1. The number of amides is 1. The normalized spacial score (nSPS) is 20.8. The Labute approximate surface area is 92.5 Å². The van der Waals surface area contributed by atoms with Crippen molar-refractivity contribution in [3.63, 3.8) is 0 Å². The number of carbonyl (C=O) groups is 1. The third-order valence-corrected chi connectivity index (χ3v) is 2.32. The van der Waals surface area contributed by atoms with Crippen LogP contribution in [-0.2, 0) is 16.0 Å². The molecule has 2 rings (SSSR count). The summed E-state index contributed by atoms with van der Waals surface area (Å²) in [4.78, 5) is 15.2. The number of nitrogens with zero attached hydrogens (tertiary/aromatic N) is 2. The first kappa shape index (κ1) is 11.0. The van der Waals surface area contributed by atoms with E-state index in [-0.39, 0.29) is 18.5 Å². The second kappa shape index (κ2) is 5.04. The highest BCUT2D eigenvalue weighted by Gasteiger charge is 2.23. The lowest BCUT2D eigenvalue weighted by atomic mass is 10.2. The summed E-state index contributed by atoms with van der Waals surface area (Å²) < 4.78 is 10.0. The van der Waals surface area contributed by atoms with Crippen LogP contribution in [0.3, 0.4) is 0 Å². The van der Waals surface area contributed by atoms with Gasteiger partial charge in [-0.15, -0.1) is 0 Å². The Kier molecular flexibility index (Phi) is 3.47. The number of methoxy groups -OCH3 is 1. The van der Waals surface area contributed by atoms with Crippen molar-refractivity contribution in [3.8, 4) is 0 Å². The van der Waals surface area contributed by atoms with Gasteiger partial charge in [0.25, 0.3) is 0 Å². The van der Waals surface area contributed by atoms with E-state index in [0.29, 0.717) is 31.3 Å². The van der Waals surface area contributed by atoms with Crippen LogP contribution < -0.4 is 10.6 Å². The van der Waals surface area contributed by atoms with Crippen LogP contribution in [0.5, 0.6) is 0 Å². The highest BCUT2D eigenvalue weighted by molar-refractivity contribution is 5.78. The van der Waals surface area contributed by atoms with Gasteiger partial charge in [-0.1, -0.05) is 5.16 Å². The first-order valence-electron chi connectivity index (χ1n) is 5.11. The molecular weight excluding hydrogens is 212 g/mol. The minimum atomic E-state index is -0.0958. The van der Waals surface area contributed by atoms with Gasteiger partial charge in [0.05, 0.1) is 13.2 Å². The van der Waals surface area contributed by atoms with E-state index < -0.39 is 0 Å². The molecule has 7 nitrogen and oxygen atoms in total. The van der Waals surface area contributed by atoms with Crippen LogP contribution in [0.1, 0.15) is 17.8 Å². The molecule has 1 unspecified atom stereocenters. The highest BCUT2D eigenvalue weighted by Crippen LogP contribution is 2.11. The van der Waals surface area contributed by atoms with Crippen LogP contribution >= 0.6 is 0 Å². The van der Waals surface area contributed by atoms with Crippen LogP contribution in [0, 0.1) is 0 Å². The zero-order chi connectivity index (χ0) is 11.4. The van der Waals surface area contributed by atoms with E-state index in [1.54, 1.807) is 7.11 Å². The van der Waals surface area contributed by atoms with Gasteiger partial charge in [0.15, 0.2) is 5.82 Å². The highest BCUT2D eigenvalue weighted by atomic mass is 16.5. The molecule has 0 saturated carbocycles. The SMILES string of the molecule is COCCc1noc(C2CNC(=O)CN2)n1. The maximum Gasteiger partial charge on any atom is 0.245 e. The van der Waals surface area contributed by atoms with E-state index in [1.807, 2.05) is 0 Å². The summed E-state index contributed by atoms with van der Waals surface area (Å²) in [7, 11) is 1.62. The van der Waals surface area contributed by atoms with Crippen molar-refractivity contribution < 1.29 is 14.1 Å². The Morgan fingerprint density at radius 3 is 3.19 bits per heavy atom. The number of aromatic nitrogens is 2. The topological polar surface area (TPSA) is 89.3 Å². The van der Waals surface area contributed by atoms with Gasteiger partial charge in [0.2, 0.25) is 11.8 Å². The van der Waals surface area contributed by atoms with Gasteiger partial charge in [0.1, 0.15) is 6.04 Å². The fourth-order valence-electron chi connectivity index (χ4n) is 1.44. The molecule has 1 atom stereocenters. The molecule has 1 saturated heterocycles. The molecule has 2 N–H and O–H groups in total. The first-order valence-corrected chi connectivity index (χ1v) is 5.11. The molecule has 1 aromatic heterocycles. The Hall–Kier alpha value is -1.47. The molecule has 1 aliphatic rings. The molecular formula is C9H14N4O3. The predicted molar refractivity (Wildman–Crippen MR) is 53.6 cm³/mol. The lowest BCUT2D eigenvalue weighted by Gasteiger charge is -2.20. The standard InChI is InChI=1S/C9H14N4O3/c1-15-3-2-7-12-9(16-13-7)6-4-11-8(14)5-10-6/h6,10H,2-5H2,1H3,(H,11,14). The van der Waals surface area contributed by atoms with Crippen molar-refractivity contribution in [1.29, 1.82) is 0 Å². The van der Waals surface area contributed by atoms with Gasteiger partial charge in [-0.2, -0.15) is 4.98 Å². The van der Waals surface area contributed by atoms with Crippen LogP contribution in [0.2, 0.25) is 0 Å². The molecule has 88 valence electrons. The van der Waals surface area contributed by atoms with Crippen molar-refractivity contribution >= 4 is 5.91 Å². The second-order valence-corrected chi connectivity index (χ2v) is 3.53. The molecule has 1 aliphatic heterocycles. The molecule has 0 spiro atoms. The average Bonchev–Trinajstić information content (AvgIpc) is 2.76. The Balaban J connectivity index is 1.93. The number of hydrogen-bond acceptors (Lipinski definition) is 6. The fraction of sp³-hybridized carbons (Fsp3) is 0.667. The summed E-state index contributed by atoms with van der Waals surface area (Å²) in [5.41, 5.74) is 0. The van der Waals surface area contributed by atoms with Crippen molar-refractivity contribution in [2.75, 3.05) is 26.8 Å². The molecule has 0 radical (unpaired) electrons. The third kappa shape index (κ3) is 2.56. The predicted octanol–water partition coefficient (Wildman–Crippen LogP) is -0.981. The van der Waals surface area contributed by atoms with Crippen molar-refractivity contribution in [1.82, 2.24) is 20.8 Å². The maximum absolute atomic E-state index is 10.9. The zero-order valence-electron chi connectivity index (χ0n) is 9.02. The molecule has 0 bridgehead atoms. The lowest BCUT2D eigenvalue weighted by molar-refractivity contribution is -0.121. The van der Waals surface area contributed by atoms with E-state index >= 15 is 0 Å². The van der Waals surface area contributed by atoms with Gasteiger partial charge in [-0.3, -0.25) is 10.1 Å². The summed E-state index contributed by atoms with van der Waals surface area (Å²) in [6.07, 6.45) is 0.624. The van der Waals surface area contributed by atoms with E-state index in [2.05, 4.69) is 20.8 Å². The second-order valence-electron chi connectivity index (χ2n) is 3.53. The van der Waals surface area contributed by atoms with E-state index in [9.17, 15) is 4.79 Å². The molecule has 0 aliphatic carbocycles. The minimum absolute atomic E-state index is 0.0182. The quantitative estimate of drug-likeness (QED) is 0.686. The summed E-state index contributed by atoms with van der Waals surface area (Å²) in [5.74, 6) is 1.11.